The lowest BCUT2D eigenvalue weighted by Gasteiger charge is -2.34. The molecule has 1 aromatic carbocycles. The van der Waals surface area contributed by atoms with Gasteiger partial charge in [0.05, 0.1) is 13.7 Å². The highest BCUT2D eigenvalue weighted by atomic mass is 35.5. The van der Waals surface area contributed by atoms with Crippen molar-refractivity contribution in [3.05, 3.63) is 41.5 Å². The number of nitrogens with zero attached hydrogens (tertiary/aromatic N) is 5. The molecule has 0 spiro atoms. The summed E-state index contributed by atoms with van der Waals surface area (Å²) in [7, 11) is 1.65. The highest BCUT2D eigenvalue weighted by Gasteiger charge is 2.23. The number of aryl methyl sites for hydroxylation is 2. The van der Waals surface area contributed by atoms with E-state index in [-0.39, 0.29) is 24.2 Å². The van der Waals surface area contributed by atoms with Gasteiger partial charge < -0.3 is 19.1 Å². The number of aromatic nitrogens is 2. The van der Waals surface area contributed by atoms with E-state index < -0.39 is 0 Å². The SMILES string of the molecule is COc1ccc(CCC(=O)N2CCN(Cc3noc(CCC(=O)N4CCCCCC4)n3)CC2)cc1.Cl. The Morgan fingerprint density at radius 1 is 0.861 bits per heavy atom. The summed E-state index contributed by atoms with van der Waals surface area (Å²) in [5.41, 5.74) is 1.14. The largest absolute Gasteiger partial charge is 0.497 e. The van der Waals surface area contributed by atoms with Crippen molar-refractivity contribution in [1.82, 2.24) is 24.8 Å². The Morgan fingerprint density at radius 3 is 2.11 bits per heavy atom. The molecule has 0 radical (unpaired) electrons. The zero-order valence-corrected chi connectivity index (χ0v) is 22.0. The fraction of sp³-hybridized carbons (Fsp3) is 0.615. The van der Waals surface area contributed by atoms with Crippen molar-refractivity contribution in [2.24, 2.45) is 0 Å². The quantitative estimate of drug-likeness (QED) is 0.502. The van der Waals surface area contributed by atoms with Crippen LogP contribution in [0.1, 0.15) is 55.8 Å². The van der Waals surface area contributed by atoms with Crippen molar-refractivity contribution in [1.29, 1.82) is 0 Å². The first-order valence-electron chi connectivity index (χ1n) is 12.8. The Balaban J connectivity index is 0.00000361. The van der Waals surface area contributed by atoms with E-state index in [1.165, 1.54) is 12.8 Å². The first-order chi connectivity index (χ1) is 17.1. The monoisotopic (exact) mass is 519 g/mol. The van der Waals surface area contributed by atoms with E-state index >= 15 is 0 Å². The number of carbonyl (C=O) groups is 2. The van der Waals surface area contributed by atoms with Gasteiger partial charge >= 0.3 is 0 Å². The average molecular weight is 520 g/mol. The van der Waals surface area contributed by atoms with Crippen molar-refractivity contribution in [3.8, 4) is 5.75 Å². The van der Waals surface area contributed by atoms with Gasteiger partial charge in [-0.3, -0.25) is 14.5 Å². The number of rotatable bonds is 9. The topological polar surface area (TPSA) is 92.0 Å². The molecule has 0 saturated carbocycles. The zero-order chi connectivity index (χ0) is 24.5. The number of hydrogen-bond donors (Lipinski definition) is 0. The predicted octanol–water partition coefficient (Wildman–Crippen LogP) is 3.11. The van der Waals surface area contributed by atoms with Crippen molar-refractivity contribution in [2.75, 3.05) is 46.4 Å². The number of ether oxygens (including phenoxy) is 1. The number of piperazine rings is 1. The Kier molecular flexibility index (Phi) is 11.0. The number of methoxy groups -OCH3 is 1. The molecule has 0 N–H and O–H groups in total. The van der Waals surface area contributed by atoms with Crippen LogP contribution in [0.5, 0.6) is 5.75 Å². The lowest BCUT2D eigenvalue weighted by Crippen LogP contribution is -2.48. The molecule has 2 amide bonds. The molecular weight excluding hydrogens is 482 g/mol. The van der Waals surface area contributed by atoms with Gasteiger partial charge in [-0.15, -0.1) is 12.4 Å². The third-order valence-corrected chi connectivity index (χ3v) is 6.90. The van der Waals surface area contributed by atoms with Crippen LogP contribution < -0.4 is 4.74 Å². The van der Waals surface area contributed by atoms with E-state index in [4.69, 9.17) is 9.26 Å². The molecule has 0 atom stereocenters. The van der Waals surface area contributed by atoms with Gasteiger partial charge in [0.25, 0.3) is 0 Å². The molecule has 3 heterocycles. The number of benzene rings is 1. The summed E-state index contributed by atoms with van der Waals surface area (Å²) in [6.45, 7) is 5.30. The maximum atomic E-state index is 12.6. The summed E-state index contributed by atoms with van der Waals surface area (Å²) in [5.74, 6) is 2.36. The molecule has 2 aliphatic heterocycles. The van der Waals surface area contributed by atoms with Gasteiger partial charge in [-0.1, -0.05) is 30.1 Å². The van der Waals surface area contributed by atoms with Crippen LogP contribution in [0.3, 0.4) is 0 Å². The minimum atomic E-state index is 0. The number of halogens is 1. The maximum Gasteiger partial charge on any atom is 0.227 e. The highest BCUT2D eigenvalue weighted by molar-refractivity contribution is 5.85. The summed E-state index contributed by atoms with van der Waals surface area (Å²) in [4.78, 5) is 35.8. The molecule has 0 bridgehead atoms. The predicted molar refractivity (Wildman–Crippen MR) is 138 cm³/mol. The summed E-state index contributed by atoms with van der Waals surface area (Å²) in [6.07, 6.45) is 6.76. The van der Waals surface area contributed by atoms with Gasteiger partial charge in [-0.25, -0.2) is 0 Å². The van der Waals surface area contributed by atoms with Crippen molar-refractivity contribution >= 4 is 24.2 Å². The minimum absolute atomic E-state index is 0. The second kappa shape index (κ2) is 14.2. The molecule has 0 unspecified atom stereocenters. The van der Waals surface area contributed by atoms with Gasteiger partial charge in [-0.2, -0.15) is 4.98 Å². The molecule has 9 nitrogen and oxygen atoms in total. The zero-order valence-electron chi connectivity index (χ0n) is 21.2. The van der Waals surface area contributed by atoms with Crippen LogP contribution in [-0.4, -0.2) is 83.0 Å². The molecule has 198 valence electrons. The summed E-state index contributed by atoms with van der Waals surface area (Å²) < 4.78 is 10.6. The van der Waals surface area contributed by atoms with Crippen LogP contribution >= 0.6 is 12.4 Å². The summed E-state index contributed by atoms with van der Waals surface area (Å²) in [6, 6.07) is 7.87. The summed E-state index contributed by atoms with van der Waals surface area (Å²) >= 11 is 0. The average Bonchev–Trinajstić information content (AvgIpc) is 3.16. The molecule has 36 heavy (non-hydrogen) atoms. The first kappa shape index (κ1) is 27.9. The van der Waals surface area contributed by atoms with Crippen molar-refractivity contribution in [2.45, 2.75) is 57.9 Å². The Hall–Kier alpha value is -2.65. The van der Waals surface area contributed by atoms with E-state index in [1.807, 2.05) is 34.1 Å². The Labute approximate surface area is 219 Å². The van der Waals surface area contributed by atoms with Crippen LogP contribution in [-0.2, 0) is 29.0 Å². The maximum absolute atomic E-state index is 12.6. The van der Waals surface area contributed by atoms with E-state index in [2.05, 4.69) is 15.0 Å². The Bertz CT molecular complexity index is 951. The highest BCUT2D eigenvalue weighted by Crippen LogP contribution is 2.15. The van der Waals surface area contributed by atoms with Gasteiger partial charge in [0.15, 0.2) is 5.82 Å². The molecule has 2 aromatic rings. The van der Waals surface area contributed by atoms with E-state index in [0.29, 0.717) is 50.6 Å². The number of amides is 2. The molecule has 2 saturated heterocycles. The molecule has 1 aromatic heterocycles. The number of carbonyl (C=O) groups excluding carboxylic acids is 2. The van der Waals surface area contributed by atoms with Gasteiger partial charge in [0.1, 0.15) is 5.75 Å². The fourth-order valence-corrected chi connectivity index (χ4v) is 4.70. The second-order valence-electron chi connectivity index (χ2n) is 9.40. The van der Waals surface area contributed by atoms with Crippen LogP contribution in [0.4, 0.5) is 0 Å². The molecule has 10 heteroatoms. The first-order valence-corrected chi connectivity index (χ1v) is 12.8. The van der Waals surface area contributed by atoms with Crippen LogP contribution in [0.15, 0.2) is 28.8 Å². The lowest BCUT2D eigenvalue weighted by atomic mass is 10.1. The third-order valence-electron chi connectivity index (χ3n) is 6.90. The standard InChI is InChI=1S/C26H37N5O4.ClH/c1-34-22-9-6-21(7-10-22)8-12-25(32)31-18-16-29(17-19-31)20-23-27-24(35-28-23)11-13-26(33)30-14-4-2-3-5-15-30;/h6-7,9-10H,2-5,8,11-20H2,1H3;1H. The second-order valence-corrected chi connectivity index (χ2v) is 9.40. The van der Waals surface area contributed by atoms with Crippen molar-refractivity contribution < 1.29 is 18.8 Å². The molecule has 4 rings (SSSR count). The van der Waals surface area contributed by atoms with Gasteiger partial charge in [-0.05, 0) is 37.0 Å². The van der Waals surface area contributed by atoms with Gasteiger partial charge in [0.2, 0.25) is 17.7 Å². The molecular formula is C26H38ClN5O4. The van der Waals surface area contributed by atoms with Gasteiger partial charge in [0, 0.05) is 58.5 Å². The van der Waals surface area contributed by atoms with Crippen LogP contribution in [0.2, 0.25) is 0 Å². The smallest absolute Gasteiger partial charge is 0.227 e. The van der Waals surface area contributed by atoms with Crippen LogP contribution in [0.25, 0.3) is 0 Å². The number of hydrogen-bond acceptors (Lipinski definition) is 7. The van der Waals surface area contributed by atoms with Crippen molar-refractivity contribution in [3.63, 3.8) is 0 Å². The normalized spacial score (nSPS) is 16.8. The number of likely N-dealkylation sites (tertiary alicyclic amines) is 1. The lowest BCUT2D eigenvalue weighted by molar-refractivity contribution is -0.133. The van der Waals surface area contributed by atoms with E-state index in [0.717, 1.165) is 56.8 Å². The van der Waals surface area contributed by atoms with E-state index in [1.54, 1.807) is 7.11 Å². The minimum Gasteiger partial charge on any atom is -0.497 e. The van der Waals surface area contributed by atoms with E-state index in [9.17, 15) is 9.59 Å². The Morgan fingerprint density at radius 2 is 1.47 bits per heavy atom. The van der Waals surface area contributed by atoms with Crippen LogP contribution in [0, 0.1) is 0 Å². The summed E-state index contributed by atoms with van der Waals surface area (Å²) in [5, 5.41) is 4.10. The molecule has 2 aliphatic rings. The fourth-order valence-electron chi connectivity index (χ4n) is 4.70. The molecule has 0 aliphatic carbocycles. The molecule has 2 fully saturated rings. The third kappa shape index (κ3) is 8.20.